The quantitative estimate of drug-likeness (QED) is 0.781. The highest BCUT2D eigenvalue weighted by atomic mass is 16.5. The Hall–Kier alpha value is -1.61. The second-order valence-electron chi connectivity index (χ2n) is 5.47. The van der Waals surface area contributed by atoms with E-state index in [1.54, 1.807) is 0 Å². The molecule has 0 saturated heterocycles. The number of aromatic nitrogens is 1. The maximum absolute atomic E-state index is 6.11. The second-order valence-corrected chi connectivity index (χ2v) is 5.47. The standard InChI is InChI=1S/C17H24N2O/c1-4-9-18-12-17(13(2)3)20-15-10-14-7-5-6-8-16(14)19-11-15/h5-8,10-11,13,17-18H,4,9,12H2,1-3H3. The first-order chi connectivity index (χ1) is 9.70. The SMILES string of the molecule is CCCNCC(Oc1cnc2ccccc2c1)C(C)C. The van der Waals surface area contributed by atoms with Crippen molar-refractivity contribution in [1.29, 1.82) is 0 Å². The molecule has 1 heterocycles. The summed E-state index contributed by atoms with van der Waals surface area (Å²) in [6.07, 6.45) is 3.13. The lowest BCUT2D eigenvalue weighted by Crippen LogP contribution is -2.35. The highest BCUT2D eigenvalue weighted by molar-refractivity contribution is 5.79. The predicted octanol–water partition coefficient (Wildman–Crippen LogP) is 3.64. The number of nitrogens with zero attached hydrogens (tertiary/aromatic N) is 1. The van der Waals surface area contributed by atoms with Gasteiger partial charge in [0.25, 0.3) is 0 Å². The summed E-state index contributed by atoms with van der Waals surface area (Å²) in [4.78, 5) is 4.44. The number of hydrogen-bond donors (Lipinski definition) is 1. The zero-order valence-corrected chi connectivity index (χ0v) is 12.6. The van der Waals surface area contributed by atoms with Crippen LogP contribution in [0.3, 0.4) is 0 Å². The first kappa shape index (κ1) is 14.8. The van der Waals surface area contributed by atoms with Crippen LogP contribution in [0, 0.1) is 5.92 Å². The molecule has 0 aliphatic heterocycles. The fraction of sp³-hybridized carbons (Fsp3) is 0.471. The number of hydrogen-bond acceptors (Lipinski definition) is 3. The molecule has 1 aromatic carbocycles. The largest absolute Gasteiger partial charge is 0.487 e. The second kappa shape index (κ2) is 7.25. The minimum Gasteiger partial charge on any atom is -0.487 e. The van der Waals surface area contributed by atoms with E-state index in [4.69, 9.17) is 4.74 Å². The van der Waals surface area contributed by atoms with Crippen LogP contribution in [-0.2, 0) is 0 Å². The van der Waals surface area contributed by atoms with Gasteiger partial charge in [0.2, 0.25) is 0 Å². The number of benzene rings is 1. The first-order valence-corrected chi connectivity index (χ1v) is 7.43. The maximum atomic E-state index is 6.11. The number of ether oxygens (including phenoxy) is 1. The Bertz CT molecular complexity index is 539. The summed E-state index contributed by atoms with van der Waals surface area (Å²) >= 11 is 0. The average Bonchev–Trinajstić information content (AvgIpc) is 2.46. The molecule has 108 valence electrons. The summed E-state index contributed by atoms with van der Waals surface area (Å²) in [5, 5.41) is 4.55. The van der Waals surface area contributed by atoms with Crippen LogP contribution in [0.1, 0.15) is 27.2 Å². The number of fused-ring (bicyclic) bond motifs is 1. The van der Waals surface area contributed by atoms with Gasteiger partial charge >= 0.3 is 0 Å². The van der Waals surface area contributed by atoms with Crippen molar-refractivity contribution in [3.05, 3.63) is 36.5 Å². The Labute approximate surface area is 121 Å². The van der Waals surface area contributed by atoms with E-state index in [9.17, 15) is 0 Å². The Morgan fingerprint density at radius 3 is 2.80 bits per heavy atom. The molecule has 1 N–H and O–H groups in total. The number of para-hydroxylation sites is 1. The lowest BCUT2D eigenvalue weighted by atomic mass is 10.1. The van der Waals surface area contributed by atoms with Gasteiger partial charge in [-0.15, -0.1) is 0 Å². The summed E-state index contributed by atoms with van der Waals surface area (Å²) in [7, 11) is 0. The van der Waals surface area contributed by atoms with Gasteiger partial charge in [0.15, 0.2) is 0 Å². The van der Waals surface area contributed by atoms with Gasteiger partial charge in [-0.1, -0.05) is 39.0 Å². The molecule has 0 saturated carbocycles. The van der Waals surface area contributed by atoms with Crippen molar-refractivity contribution in [2.45, 2.75) is 33.3 Å². The van der Waals surface area contributed by atoms with Gasteiger partial charge in [-0.05, 0) is 31.0 Å². The Balaban J connectivity index is 2.07. The monoisotopic (exact) mass is 272 g/mol. The van der Waals surface area contributed by atoms with E-state index in [1.807, 2.05) is 24.4 Å². The molecule has 0 radical (unpaired) electrons. The molecule has 20 heavy (non-hydrogen) atoms. The molecule has 1 unspecified atom stereocenters. The van der Waals surface area contributed by atoms with Crippen LogP contribution in [0.4, 0.5) is 0 Å². The zero-order valence-electron chi connectivity index (χ0n) is 12.6. The van der Waals surface area contributed by atoms with E-state index in [0.717, 1.165) is 36.2 Å². The van der Waals surface area contributed by atoms with Gasteiger partial charge in [-0.25, -0.2) is 0 Å². The van der Waals surface area contributed by atoms with E-state index in [0.29, 0.717) is 5.92 Å². The summed E-state index contributed by atoms with van der Waals surface area (Å²) in [5.41, 5.74) is 1.00. The molecule has 0 bridgehead atoms. The molecule has 0 fully saturated rings. The van der Waals surface area contributed by atoms with Crippen molar-refractivity contribution in [3.8, 4) is 5.75 Å². The van der Waals surface area contributed by atoms with Gasteiger partial charge in [0.1, 0.15) is 11.9 Å². The summed E-state index contributed by atoms with van der Waals surface area (Å²) in [6.45, 7) is 8.45. The number of nitrogens with one attached hydrogen (secondary N) is 1. The molecule has 2 rings (SSSR count). The van der Waals surface area contributed by atoms with E-state index < -0.39 is 0 Å². The van der Waals surface area contributed by atoms with E-state index >= 15 is 0 Å². The van der Waals surface area contributed by atoms with Crippen molar-refractivity contribution in [3.63, 3.8) is 0 Å². The van der Waals surface area contributed by atoms with Crippen LogP contribution >= 0.6 is 0 Å². The molecule has 3 nitrogen and oxygen atoms in total. The van der Waals surface area contributed by atoms with Crippen LogP contribution in [0.25, 0.3) is 10.9 Å². The van der Waals surface area contributed by atoms with Crippen molar-refractivity contribution in [2.75, 3.05) is 13.1 Å². The fourth-order valence-corrected chi connectivity index (χ4v) is 2.12. The molecule has 1 aromatic heterocycles. The third-order valence-electron chi connectivity index (χ3n) is 3.37. The molecule has 0 spiro atoms. The van der Waals surface area contributed by atoms with Gasteiger partial charge < -0.3 is 10.1 Å². The lowest BCUT2D eigenvalue weighted by molar-refractivity contribution is 0.149. The van der Waals surface area contributed by atoms with Gasteiger partial charge in [-0.2, -0.15) is 0 Å². The van der Waals surface area contributed by atoms with Gasteiger partial charge in [0.05, 0.1) is 11.7 Å². The topological polar surface area (TPSA) is 34.1 Å². The first-order valence-electron chi connectivity index (χ1n) is 7.43. The van der Waals surface area contributed by atoms with Crippen molar-refractivity contribution in [1.82, 2.24) is 10.3 Å². The third-order valence-corrected chi connectivity index (χ3v) is 3.37. The normalized spacial score (nSPS) is 12.8. The van der Waals surface area contributed by atoms with Crippen molar-refractivity contribution in [2.24, 2.45) is 5.92 Å². The van der Waals surface area contributed by atoms with Crippen LogP contribution in [-0.4, -0.2) is 24.2 Å². The minimum absolute atomic E-state index is 0.171. The van der Waals surface area contributed by atoms with E-state index in [2.05, 4.69) is 43.2 Å². The molecular formula is C17H24N2O. The van der Waals surface area contributed by atoms with E-state index in [-0.39, 0.29) is 6.10 Å². The summed E-state index contributed by atoms with van der Waals surface area (Å²) in [5.74, 6) is 1.31. The average molecular weight is 272 g/mol. The van der Waals surface area contributed by atoms with Crippen molar-refractivity contribution < 1.29 is 4.74 Å². The Morgan fingerprint density at radius 2 is 2.05 bits per heavy atom. The molecule has 0 aliphatic rings. The van der Waals surface area contributed by atoms with Gasteiger partial charge in [-0.3, -0.25) is 4.98 Å². The summed E-state index contributed by atoms with van der Waals surface area (Å²) in [6, 6.07) is 10.2. The highest BCUT2D eigenvalue weighted by Gasteiger charge is 2.15. The number of rotatable bonds is 7. The Morgan fingerprint density at radius 1 is 1.25 bits per heavy atom. The molecular weight excluding hydrogens is 248 g/mol. The molecule has 2 aromatic rings. The van der Waals surface area contributed by atoms with Crippen LogP contribution in [0.15, 0.2) is 36.5 Å². The maximum Gasteiger partial charge on any atom is 0.138 e. The van der Waals surface area contributed by atoms with E-state index in [1.165, 1.54) is 0 Å². The van der Waals surface area contributed by atoms with Gasteiger partial charge in [0, 0.05) is 11.9 Å². The van der Waals surface area contributed by atoms with Crippen LogP contribution in [0.5, 0.6) is 5.75 Å². The number of pyridine rings is 1. The van der Waals surface area contributed by atoms with Crippen LogP contribution in [0.2, 0.25) is 0 Å². The van der Waals surface area contributed by atoms with Crippen LogP contribution < -0.4 is 10.1 Å². The minimum atomic E-state index is 0.171. The molecule has 0 aliphatic carbocycles. The fourth-order valence-electron chi connectivity index (χ4n) is 2.12. The molecule has 3 heteroatoms. The summed E-state index contributed by atoms with van der Waals surface area (Å²) < 4.78 is 6.11. The molecule has 1 atom stereocenters. The zero-order chi connectivity index (χ0) is 14.4. The predicted molar refractivity (Wildman–Crippen MR) is 84.2 cm³/mol. The highest BCUT2D eigenvalue weighted by Crippen LogP contribution is 2.20. The Kier molecular flexibility index (Phi) is 5.36. The van der Waals surface area contributed by atoms with Crippen molar-refractivity contribution >= 4 is 10.9 Å². The lowest BCUT2D eigenvalue weighted by Gasteiger charge is -2.23. The third kappa shape index (κ3) is 3.94. The molecule has 0 amide bonds. The smallest absolute Gasteiger partial charge is 0.138 e.